The van der Waals surface area contributed by atoms with Gasteiger partial charge in [-0.05, 0) is 6.92 Å². The summed E-state index contributed by atoms with van der Waals surface area (Å²) in [4.78, 5) is 30.2. The van der Waals surface area contributed by atoms with Crippen molar-refractivity contribution in [3.63, 3.8) is 0 Å². The molecule has 0 radical (unpaired) electrons. The Bertz CT molecular complexity index is 241. The summed E-state index contributed by atoms with van der Waals surface area (Å²) in [6.45, 7) is -0.556. The van der Waals surface area contributed by atoms with Crippen LogP contribution in [0, 0.1) is 0 Å². The van der Waals surface area contributed by atoms with Gasteiger partial charge in [-0.15, -0.1) is 0 Å². The van der Waals surface area contributed by atoms with Crippen LogP contribution in [0.25, 0.3) is 0 Å². The van der Waals surface area contributed by atoms with E-state index < -0.39 is 30.1 Å². The molecular formula is C6H5Na3O7. The van der Waals surface area contributed by atoms with E-state index in [1.807, 2.05) is 0 Å². The molecule has 0 saturated heterocycles. The molecule has 74 valence electrons. The maximum absolute atomic E-state index is 10.2. The SMILES string of the molecule is CC(OCC(=O)[O-])(C(=O)[O-])C(=O)[O-].[Na+].[Na+].[Na+]. The smallest absolute Gasteiger partial charge is 0.548 e. The molecule has 0 aromatic rings. The second-order valence-electron chi connectivity index (χ2n) is 2.27. The molecule has 0 amide bonds. The molecule has 0 spiro atoms. The van der Waals surface area contributed by atoms with E-state index in [1.165, 1.54) is 0 Å². The first-order valence-corrected chi connectivity index (χ1v) is 3.07. The van der Waals surface area contributed by atoms with Gasteiger partial charge in [0.25, 0.3) is 0 Å². The molecule has 0 aliphatic heterocycles. The van der Waals surface area contributed by atoms with Crippen LogP contribution in [0.2, 0.25) is 0 Å². The fraction of sp³-hybridized carbons (Fsp3) is 0.500. The zero-order valence-corrected chi connectivity index (χ0v) is 15.6. The molecule has 0 aliphatic carbocycles. The topological polar surface area (TPSA) is 130 Å². The predicted molar refractivity (Wildman–Crippen MR) is 29.4 cm³/mol. The first kappa shape index (κ1) is 26.0. The summed E-state index contributed by atoms with van der Waals surface area (Å²) in [6.07, 6.45) is 0. The third-order valence-corrected chi connectivity index (χ3v) is 1.26. The van der Waals surface area contributed by atoms with Crippen molar-refractivity contribution >= 4 is 17.9 Å². The van der Waals surface area contributed by atoms with Crippen molar-refractivity contribution in [1.82, 2.24) is 0 Å². The van der Waals surface area contributed by atoms with E-state index >= 15 is 0 Å². The van der Waals surface area contributed by atoms with Crippen LogP contribution in [0.5, 0.6) is 0 Å². The first-order chi connectivity index (χ1) is 5.80. The molecule has 0 bridgehead atoms. The molecule has 0 fully saturated rings. The van der Waals surface area contributed by atoms with Crippen LogP contribution < -0.4 is 104 Å². The zero-order chi connectivity index (χ0) is 10.6. The summed E-state index contributed by atoms with van der Waals surface area (Å²) in [5.41, 5.74) is -2.78. The van der Waals surface area contributed by atoms with E-state index in [0.29, 0.717) is 6.92 Å². The number of carboxylic acids is 3. The number of carbonyl (C=O) groups is 3. The summed E-state index contributed by atoms with van der Waals surface area (Å²) in [7, 11) is 0. The van der Waals surface area contributed by atoms with Crippen LogP contribution in [0.15, 0.2) is 0 Å². The Morgan fingerprint density at radius 1 is 1.00 bits per heavy atom. The second-order valence-corrected chi connectivity index (χ2v) is 2.27. The van der Waals surface area contributed by atoms with Crippen LogP contribution in [0.3, 0.4) is 0 Å². The van der Waals surface area contributed by atoms with Gasteiger partial charge in [-0.3, -0.25) is 0 Å². The van der Waals surface area contributed by atoms with Crippen molar-refractivity contribution < 1.29 is 123 Å². The van der Waals surface area contributed by atoms with Gasteiger partial charge < -0.3 is 34.4 Å². The maximum Gasteiger partial charge on any atom is 1.00 e. The van der Waals surface area contributed by atoms with Gasteiger partial charge >= 0.3 is 88.7 Å². The van der Waals surface area contributed by atoms with Crippen LogP contribution in [0.4, 0.5) is 0 Å². The van der Waals surface area contributed by atoms with Crippen molar-refractivity contribution in [3.8, 4) is 0 Å². The number of rotatable bonds is 5. The zero-order valence-electron chi connectivity index (χ0n) is 9.56. The summed E-state index contributed by atoms with van der Waals surface area (Å²) in [5, 5.41) is 30.2. The number of hydrogen-bond donors (Lipinski definition) is 0. The minimum atomic E-state index is -2.78. The third kappa shape index (κ3) is 8.46. The van der Waals surface area contributed by atoms with Crippen molar-refractivity contribution in [2.75, 3.05) is 6.61 Å². The predicted octanol–water partition coefficient (Wildman–Crippen LogP) is -14.0. The molecule has 16 heavy (non-hydrogen) atoms. The molecule has 7 nitrogen and oxygen atoms in total. The maximum atomic E-state index is 10.2. The summed E-state index contributed by atoms with van der Waals surface area (Å²) in [5.74, 6) is -5.92. The minimum Gasteiger partial charge on any atom is -0.548 e. The largest absolute Gasteiger partial charge is 1.00 e. The van der Waals surface area contributed by atoms with E-state index in [1.54, 1.807) is 0 Å². The Hall–Kier alpha value is 1.37. The number of carbonyl (C=O) groups excluding carboxylic acids is 3. The normalized spacial score (nSPS) is 8.81. The Balaban J connectivity index is -0.000000240. The summed E-state index contributed by atoms with van der Waals surface area (Å²) in [6, 6.07) is 0. The molecule has 0 N–H and O–H groups in total. The fourth-order valence-electron chi connectivity index (χ4n) is 0.404. The molecule has 0 heterocycles. The summed E-state index contributed by atoms with van der Waals surface area (Å²) < 4.78 is 4.03. The van der Waals surface area contributed by atoms with Crippen LogP contribution >= 0.6 is 0 Å². The molecule has 0 unspecified atom stereocenters. The van der Waals surface area contributed by atoms with E-state index in [9.17, 15) is 29.7 Å². The fourth-order valence-corrected chi connectivity index (χ4v) is 0.404. The van der Waals surface area contributed by atoms with Gasteiger partial charge in [-0.1, -0.05) is 0 Å². The van der Waals surface area contributed by atoms with Crippen molar-refractivity contribution in [2.24, 2.45) is 0 Å². The number of hydrogen-bond acceptors (Lipinski definition) is 7. The Kier molecular flexibility index (Phi) is 18.7. The van der Waals surface area contributed by atoms with Crippen molar-refractivity contribution in [1.29, 1.82) is 0 Å². The van der Waals surface area contributed by atoms with Crippen LogP contribution in [-0.4, -0.2) is 30.1 Å². The monoisotopic (exact) mass is 258 g/mol. The van der Waals surface area contributed by atoms with E-state index in [2.05, 4.69) is 4.74 Å². The molecule has 0 atom stereocenters. The standard InChI is InChI=1S/C6H8O7.3Na/c1-6(4(9)10,5(11)12)13-2-3(7)8;;;/h2H2,1H3,(H,7,8)(H,9,10)(H,11,12);;;/q;3*+1/p-3. The van der Waals surface area contributed by atoms with Gasteiger partial charge in [0.1, 0.15) is 5.60 Å². The quantitative estimate of drug-likeness (QED) is 0.353. The molecule has 0 rings (SSSR count). The van der Waals surface area contributed by atoms with E-state index in [-0.39, 0.29) is 88.7 Å². The Morgan fingerprint density at radius 3 is 1.50 bits per heavy atom. The van der Waals surface area contributed by atoms with Crippen LogP contribution in [-0.2, 0) is 19.1 Å². The molecule has 0 aromatic heterocycles. The average molecular weight is 258 g/mol. The number of ether oxygens (including phenoxy) is 1. The van der Waals surface area contributed by atoms with Crippen molar-refractivity contribution in [3.05, 3.63) is 0 Å². The van der Waals surface area contributed by atoms with Gasteiger partial charge in [0.05, 0.1) is 24.5 Å². The average Bonchev–Trinajstić information content (AvgIpc) is 1.99. The van der Waals surface area contributed by atoms with Gasteiger partial charge in [0, 0.05) is 0 Å². The Morgan fingerprint density at radius 2 is 1.31 bits per heavy atom. The molecule has 0 saturated carbocycles. The molecular weight excluding hydrogens is 253 g/mol. The molecule has 0 aliphatic rings. The van der Waals surface area contributed by atoms with Gasteiger partial charge in [0.2, 0.25) is 0 Å². The minimum absolute atomic E-state index is 0. The van der Waals surface area contributed by atoms with Crippen molar-refractivity contribution in [2.45, 2.75) is 12.5 Å². The van der Waals surface area contributed by atoms with Gasteiger partial charge in [-0.2, -0.15) is 0 Å². The first-order valence-electron chi connectivity index (χ1n) is 3.07. The van der Waals surface area contributed by atoms with Gasteiger partial charge in [-0.25, -0.2) is 0 Å². The Labute approximate surface area is 158 Å². The molecule has 0 aromatic carbocycles. The van der Waals surface area contributed by atoms with E-state index in [0.717, 1.165) is 0 Å². The van der Waals surface area contributed by atoms with E-state index in [4.69, 9.17) is 0 Å². The number of carboxylic acid groups (broad SMARTS) is 3. The van der Waals surface area contributed by atoms with Crippen LogP contribution in [0.1, 0.15) is 6.92 Å². The third-order valence-electron chi connectivity index (χ3n) is 1.26. The van der Waals surface area contributed by atoms with Gasteiger partial charge in [0.15, 0.2) is 0 Å². The second kappa shape index (κ2) is 11.5. The summed E-state index contributed by atoms with van der Waals surface area (Å²) >= 11 is 0. The number of aliphatic carboxylic acids is 3. The molecule has 10 heteroatoms.